The van der Waals surface area contributed by atoms with Gasteiger partial charge in [0.2, 0.25) is 0 Å². The molecule has 1 amide bonds. The lowest BCUT2D eigenvalue weighted by Gasteiger charge is -2.29. The minimum absolute atomic E-state index is 0.0347. The van der Waals surface area contributed by atoms with Crippen LogP contribution in [0, 0.1) is 5.92 Å². The zero-order valence-corrected chi connectivity index (χ0v) is 19.2. The van der Waals surface area contributed by atoms with E-state index in [9.17, 15) is 4.79 Å². The molecule has 2 fully saturated rings. The Labute approximate surface area is 194 Å². The first-order chi connectivity index (χ1) is 16.2. The number of nitrogens with one attached hydrogen (secondary N) is 3. The largest absolute Gasteiger partial charge is 0.382 e. The third kappa shape index (κ3) is 5.41. The van der Waals surface area contributed by atoms with Gasteiger partial charge < -0.3 is 16.0 Å². The lowest BCUT2D eigenvalue weighted by atomic mass is 9.83. The normalized spacial score (nSPS) is 20.4. The van der Waals surface area contributed by atoms with E-state index in [4.69, 9.17) is 0 Å². The van der Waals surface area contributed by atoms with Crippen LogP contribution in [0.2, 0.25) is 0 Å². The fraction of sp³-hybridized carbons (Fsp3) is 0.462. The fourth-order valence-electron chi connectivity index (χ4n) is 4.70. The molecule has 2 aliphatic carbocycles. The number of rotatable bonds is 8. The highest BCUT2D eigenvalue weighted by atomic mass is 16.1. The van der Waals surface area contributed by atoms with Crippen molar-refractivity contribution in [2.45, 2.75) is 70.4 Å². The van der Waals surface area contributed by atoms with Crippen molar-refractivity contribution in [1.29, 1.82) is 0 Å². The molecule has 2 saturated carbocycles. The fourth-order valence-corrected chi connectivity index (χ4v) is 4.70. The van der Waals surface area contributed by atoms with Gasteiger partial charge in [-0.2, -0.15) is 0 Å². The van der Waals surface area contributed by atoms with E-state index in [0.29, 0.717) is 23.2 Å². The molecule has 0 saturated heterocycles. The molecule has 3 aromatic heterocycles. The number of hydrogen-bond acceptors (Lipinski definition) is 6. The second-order valence-corrected chi connectivity index (χ2v) is 9.40. The second-order valence-electron chi connectivity index (χ2n) is 9.40. The maximum atomic E-state index is 13.1. The third-order valence-electron chi connectivity index (χ3n) is 6.71. The maximum absolute atomic E-state index is 13.1. The monoisotopic (exact) mass is 444 g/mol. The minimum atomic E-state index is -0.0347. The Morgan fingerprint density at radius 3 is 2.61 bits per heavy atom. The first-order valence-electron chi connectivity index (χ1n) is 12.2. The molecule has 0 atom stereocenters. The summed E-state index contributed by atoms with van der Waals surface area (Å²) in [4.78, 5) is 26.4. The molecule has 0 bridgehead atoms. The molecule has 0 spiro atoms. The summed E-state index contributed by atoms with van der Waals surface area (Å²) in [6.45, 7) is 2.25. The van der Waals surface area contributed by atoms with Gasteiger partial charge in [0.1, 0.15) is 11.6 Å². The molecule has 3 heterocycles. The quantitative estimate of drug-likeness (QED) is 0.429. The van der Waals surface area contributed by atoms with Crippen molar-refractivity contribution in [2.24, 2.45) is 5.92 Å². The summed E-state index contributed by atoms with van der Waals surface area (Å²) in [6, 6.07) is 8.39. The number of amides is 1. The Bertz CT molecular complexity index is 1120. The predicted molar refractivity (Wildman–Crippen MR) is 132 cm³/mol. The van der Waals surface area contributed by atoms with Gasteiger partial charge in [0.05, 0.1) is 16.8 Å². The summed E-state index contributed by atoms with van der Waals surface area (Å²) in [6.07, 6.45) is 14.6. The number of carbonyl (C=O) groups is 1. The van der Waals surface area contributed by atoms with E-state index in [1.54, 1.807) is 18.6 Å². The summed E-state index contributed by atoms with van der Waals surface area (Å²) >= 11 is 0. The van der Waals surface area contributed by atoms with E-state index in [1.165, 1.54) is 25.7 Å². The number of pyridine rings is 3. The molecule has 7 heteroatoms. The first-order valence-corrected chi connectivity index (χ1v) is 12.2. The van der Waals surface area contributed by atoms with Crippen LogP contribution in [0.5, 0.6) is 0 Å². The highest BCUT2D eigenvalue weighted by molar-refractivity contribution is 6.00. The first kappa shape index (κ1) is 21.6. The van der Waals surface area contributed by atoms with Crippen LogP contribution >= 0.6 is 0 Å². The molecule has 0 unspecified atom stereocenters. The van der Waals surface area contributed by atoms with Gasteiger partial charge in [-0.25, -0.2) is 9.97 Å². The van der Waals surface area contributed by atoms with Gasteiger partial charge >= 0.3 is 0 Å². The van der Waals surface area contributed by atoms with Crippen LogP contribution in [-0.2, 0) is 0 Å². The van der Waals surface area contributed by atoms with Crippen LogP contribution < -0.4 is 16.0 Å². The SMILES string of the molecule is CCC[C@H]1CC[C@H](NC(=O)c2cnc(Nc3ccc4cnccc4n3)cc2NC2CC2)CC1. The maximum Gasteiger partial charge on any atom is 0.255 e. The molecule has 2 aliphatic rings. The van der Waals surface area contributed by atoms with Crippen molar-refractivity contribution in [1.82, 2.24) is 20.3 Å². The lowest BCUT2D eigenvalue weighted by Crippen LogP contribution is -2.38. The molecule has 0 aromatic carbocycles. The lowest BCUT2D eigenvalue weighted by molar-refractivity contribution is 0.0921. The van der Waals surface area contributed by atoms with Gasteiger partial charge in [-0.1, -0.05) is 19.8 Å². The Balaban J connectivity index is 1.29. The van der Waals surface area contributed by atoms with Gasteiger partial charge in [-0.05, 0) is 62.6 Å². The summed E-state index contributed by atoms with van der Waals surface area (Å²) in [5, 5.41) is 11.0. The molecule has 0 aliphatic heterocycles. The molecular formula is C26H32N6O. The highest BCUT2D eigenvalue weighted by Crippen LogP contribution is 2.30. The number of fused-ring (bicyclic) bond motifs is 1. The number of hydrogen-bond donors (Lipinski definition) is 3. The Hall–Kier alpha value is -3.22. The van der Waals surface area contributed by atoms with Crippen LogP contribution in [0.3, 0.4) is 0 Å². The predicted octanol–water partition coefficient (Wildman–Crippen LogP) is 5.43. The summed E-state index contributed by atoms with van der Waals surface area (Å²) in [5.74, 6) is 2.16. The Morgan fingerprint density at radius 2 is 1.82 bits per heavy atom. The van der Waals surface area contributed by atoms with E-state index in [-0.39, 0.29) is 11.9 Å². The van der Waals surface area contributed by atoms with Crippen molar-refractivity contribution in [3.63, 3.8) is 0 Å². The average molecular weight is 445 g/mol. The van der Waals surface area contributed by atoms with Crippen molar-refractivity contribution in [3.8, 4) is 0 Å². The Kier molecular flexibility index (Phi) is 6.37. The number of nitrogens with zero attached hydrogens (tertiary/aromatic N) is 3. The van der Waals surface area contributed by atoms with Gasteiger partial charge in [-0.15, -0.1) is 0 Å². The van der Waals surface area contributed by atoms with Crippen LogP contribution in [-0.4, -0.2) is 32.9 Å². The van der Waals surface area contributed by atoms with Gasteiger partial charge in [0.15, 0.2) is 0 Å². The van der Waals surface area contributed by atoms with Crippen LogP contribution in [0.15, 0.2) is 42.9 Å². The summed E-state index contributed by atoms with van der Waals surface area (Å²) in [7, 11) is 0. The van der Waals surface area contributed by atoms with Crippen LogP contribution in [0.1, 0.15) is 68.6 Å². The number of aromatic nitrogens is 3. The zero-order chi connectivity index (χ0) is 22.6. The molecule has 3 aromatic rings. The number of carbonyl (C=O) groups excluding carboxylic acids is 1. The van der Waals surface area contributed by atoms with Crippen molar-refractivity contribution >= 4 is 34.1 Å². The van der Waals surface area contributed by atoms with Gasteiger partial charge in [0.25, 0.3) is 5.91 Å². The van der Waals surface area contributed by atoms with E-state index < -0.39 is 0 Å². The van der Waals surface area contributed by atoms with Crippen LogP contribution in [0.25, 0.3) is 10.9 Å². The standard InChI is InChI=1S/C26H32N6O/c1-2-3-17-4-7-20(8-5-17)30-26(33)21-16-28-25(14-23(21)29-19-9-10-19)32-24-11-6-18-15-27-13-12-22(18)31-24/h6,11-17,19-20H,2-5,7-10H2,1H3,(H,30,33)(H2,28,29,31,32)/t17-,20-. The average Bonchev–Trinajstić information content (AvgIpc) is 3.65. The summed E-state index contributed by atoms with van der Waals surface area (Å²) in [5.41, 5.74) is 2.31. The molecule has 5 rings (SSSR count). The van der Waals surface area contributed by atoms with Crippen molar-refractivity contribution in [2.75, 3.05) is 10.6 Å². The van der Waals surface area contributed by atoms with E-state index in [1.807, 2.05) is 24.3 Å². The van der Waals surface area contributed by atoms with E-state index in [2.05, 4.69) is 37.8 Å². The van der Waals surface area contributed by atoms with E-state index in [0.717, 1.165) is 48.2 Å². The van der Waals surface area contributed by atoms with Crippen LogP contribution in [0.4, 0.5) is 17.3 Å². The molecule has 33 heavy (non-hydrogen) atoms. The molecule has 0 radical (unpaired) electrons. The number of anilines is 3. The highest BCUT2D eigenvalue weighted by Gasteiger charge is 2.26. The second kappa shape index (κ2) is 9.73. The van der Waals surface area contributed by atoms with Crippen molar-refractivity contribution < 1.29 is 4.79 Å². The van der Waals surface area contributed by atoms with Gasteiger partial charge in [0, 0.05) is 42.1 Å². The molecular weight excluding hydrogens is 412 g/mol. The van der Waals surface area contributed by atoms with E-state index >= 15 is 0 Å². The summed E-state index contributed by atoms with van der Waals surface area (Å²) < 4.78 is 0. The molecule has 172 valence electrons. The van der Waals surface area contributed by atoms with Gasteiger partial charge in [-0.3, -0.25) is 9.78 Å². The molecule has 3 N–H and O–H groups in total. The Morgan fingerprint density at radius 1 is 1.00 bits per heavy atom. The smallest absolute Gasteiger partial charge is 0.255 e. The third-order valence-corrected chi connectivity index (χ3v) is 6.71. The zero-order valence-electron chi connectivity index (χ0n) is 19.2. The molecule has 7 nitrogen and oxygen atoms in total. The topological polar surface area (TPSA) is 91.8 Å². The minimum Gasteiger partial charge on any atom is -0.382 e. The van der Waals surface area contributed by atoms with Crippen molar-refractivity contribution in [3.05, 3.63) is 48.4 Å².